The van der Waals surface area contributed by atoms with Crippen LogP contribution in [0.5, 0.6) is 0 Å². The van der Waals surface area contributed by atoms with E-state index in [2.05, 4.69) is 11.1 Å². The maximum Gasteiger partial charge on any atom is 0.143 e. The lowest BCUT2D eigenvalue weighted by molar-refractivity contribution is 0.0860. The van der Waals surface area contributed by atoms with Gasteiger partial charge >= 0.3 is 0 Å². The molecule has 2 aromatic rings. The first-order valence-electron chi connectivity index (χ1n) is 7.99. The smallest absolute Gasteiger partial charge is 0.143 e. The molecule has 0 unspecified atom stereocenters. The highest BCUT2D eigenvalue weighted by atomic mass is 35.5. The fourth-order valence-corrected chi connectivity index (χ4v) is 4.91. The van der Waals surface area contributed by atoms with Crippen molar-refractivity contribution in [3.63, 3.8) is 0 Å². The first kappa shape index (κ1) is 18.9. The standard InChI is InChI=1S/C18H16Cl2N4OS/c19-11-1-2-12(14(20)7-11)15-13(8-21)16(10-3-5-25-6-4-10)26-17(15)18(23)24-9-22/h1-2,7,9-10H,3-6H2,(H3,22,23,24). The number of halogens is 2. The van der Waals surface area contributed by atoms with Crippen LogP contribution < -0.4 is 5.73 Å². The van der Waals surface area contributed by atoms with Crippen LogP contribution in [-0.4, -0.2) is 25.4 Å². The Hall–Kier alpha value is -1.91. The minimum atomic E-state index is 0.195. The second kappa shape index (κ2) is 8.19. The minimum absolute atomic E-state index is 0.195. The van der Waals surface area contributed by atoms with Crippen molar-refractivity contribution in [1.29, 1.82) is 10.7 Å². The fraction of sp³-hybridized carbons (Fsp3) is 0.278. The number of aliphatic imine (C=N–C) groups is 1. The molecule has 2 heterocycles. The number of thiophene rings is 1. The summed E-state index contributed by atoms with van der Waals surface area (Å²) in [5.41, 5.74) is 7.99. The molecule has 3 N–H and O–H groups in total. The van der Waals surface area contributed by atoms with Crippen molar-refractivity contribution >= 4 is 46.7 Å². The van der Waals surface area contributed by atoms with Crippen LogP contribution in [0.2, 0.25) is 10.0 Å². The normalized spacial score (nSPS) is 15.7. The molecule has 3 rings (SSSR count). The zero-order valence-electron chi connectivity index (χ0n) is 13.8. The van der Waals surface area contributed by atoms with Gasteiger partial charge in [-0.2, -0.15) is 5.26 Å². The molecule has 1 aromatic heterocycles. The number of nitrogens with two attached hydrogens (primary N) is 1. The van der Waals surface area contributed by atoms with Crippen LogP contribution in [0.4, 0.5) is 0 Å². The summed E-state index contributed by atoms with van der Waals surface area (Å²) in [6, 6.07) is 7.47. The van der Waals surface area contributed by atoms with Crippen molar-refractivity contribution in [3.8, 4) is 17.2 Å². The Morgan fingerprint density at radius 1 is 1.38 bits per heavy atom. The fourth-order valence-electron chi connectivity index (χ4n) is 3.06. The van der Waals surface area contributed by atoms with E-state index in [1.54, 1.807) is 18.2 Å². The monoisotopic (exact) mass is 406 g/mol. The Balaban J connectivity index is 2.26. The molecule has 1 aromatic carbocycles. The quantitative estimate of drug-likeness (QED) is 0.563. The molecule has 1 aliphatic rings. The maximum absolute atomic E-state index is 9.89. The molecule has 0 amide bonds. The Morgan fingerprint density at radius 3 is 2.73 bits per heavy atom. The predicted molar refractivity (Wildman–Crippen MR) is 107 cm³/mol. The van der Waals surface area contributed by atoms with Gasteiger partial charge in [-0.1, -0.05) is 29.3 Å². The number of nitrogens with zero attached hydrogens (tertiary/aromatic N) is 2. The molecule has 0 aliphatic carbocycles. The molecule has 0 saturated carbocycles. The van der Waals surface area contributed by atoms with Crippen LogP contribution in [0.3, 0.4) is 0 Å². The van der Waals surface area contributed by atoms with Crippen molar-refractivity contribution in [1.82, 2.24) is 0 Å². The molecular formula is C18H16Cl2N4OS. The van der Waals surface area contributed by atoms with Crippen molar-refractivity contribution in [2.75, 3.05) is 13.2 Å². The SMILES string of the molecule is N#Cc1c(C2CCOCC2)sc(C(N)=NC=N)c1-c1ccc(Cl)cc1Cl. The van der Waals surface area contributed by atoms with Crippen molar-refractivity contribution in [2.24, 2.45) is 10.7 Å². The zero-order valence-corrected chi connectivity index (χ0v) is 16.1. The molecule has 0 radical (unpaired) electrons. The highest BCUT2D eigenvalue weighted by Crippen LogP contribution is 2.44. The van der Waals surface area contributed by atoms with Crippen LogP contribution >= 0.6 is 34.5 Å². The van der Waals surface area contributed by atoms with E-state index in [4.69, 9.17) is 39.1 Å². The van der Waals surface area contributed by atoms with E-state index in [0.717, 1.165) is 24.1 Å². The van der Waals surface area contributed by atoms with E-state index in [1.165, 1.54) is 11.3 Å². The first-order chi connectivity index (χ1) is 12.6. The van der Waals surface area contributed by atoms with E-state index in [0.29, 0.717) is 44.8 Å². The van der Waals surface area contributed by atoms with Gasteiger partial charge in [-0.3, -0.25) is 5.41 Å². The number of rotatable bonds is 4. The van der Waals surface area contributed by atoms with Crippen molar-refractivity contribution in [3.05, 3.63) is 43.6 Å². The van der Waals surface area contributed by atoms with Gasteiger partial charge in [0.1, 0.15) is 18.2 Å². The molecule has 1 aliphatic heterocycles. The number of hydrogen-bond donors (Lipinski definition) is 2. The van der Waals surface area contributed by atoms with Gasteiger partial charge in [0, 0.05) is 39.3 Å². The third-order valence-corrected chi connectivity index (χ3v) is 6.20. The Labute approximate surface area is 165 Å². The second-order valence-electron chi connectivity index (χ2n) is 5.81. The average Bonchev–Trinajstić information content (AvgIpc) is 3.02. The maximum atomic E-state index is 9.89. The molecule has 0 bridgehead atoms. The van der Waals surface area contributed by atoms with Gasteiger partial charge in [-0.05, 0) is 30.9 Å². The predicted octanol–water partition coefficient (Wildman–Crippen LogP) is 4.80. The van der Waals surface area contributed by atoms with E-state index in [-0.39, 0.29) is 11.8 Å². The summed E-state index contributed by atoms with van der Waals surface area (Å²) >= 11 is 13.9. The highest BCUT2D eigenvalue weighted by Gasteiger charge is 2.28. The van der Waals surface area contributed by atoms with Crippen LogP contribution in [-0.2, 0) is 4.74 Å². The molecule has 8 heteroatoms. The summed E-state index contributed by atoms with van der Waals surface area (Å²) in [6.45, 7) is 1.34. The number of amidine groups is 1. The number of nitrogens with one attached hydrogen (secondary N) is 1. The van der Waals surface area contributed by atoms with Gasteiger partial charge in [0.2, 0.25) is 0 Å². The number of hydrogen-bond acceptors (Lipinski definition) is 4. The van der Waals surface area contributed by atoms with Crippen LogP contribution in [0.15, 0.2) is 23.2 Å². The molecule has 0 atom stereocenters. The van der Waals surface area contributed by atoms with Crippen LogP contribution in [0.25, 0.3) is 11.1 Å². The van der Waals surface area contributed by atoms with Crippen LogP contribution in [0.1, 0.15) is 34.1 Å². The number of nitriles is 1. The van der Waals surface area contributed by atoms with E-state index in [9.17, 15) is 5.26 Å². The summed E-state index contributed by atoms with van der Waals surface area (Å²) in [6.07, 6.45) is 2.59. The molecule has 26 heavy (non-hydrogen) atoms. The molecular weight excluding hydrogens is 391 g/mol. The topological polar surface area (TPSA) is 95.2 Å². The largest absolute Gasteiger partial charge is 0.382 e. The van der Waals surface area contributed by atoms with E-state index in [1.807, 2.05) is 0 Å². The number of benzene rings is 1. The van der Waals surface area contributed by atoms with Gasteiger partial charge in [0.05, 0.1) is 10.4 Å². The van der Waals surface area contributed by atoms with Gasteiger partial charge in [0.25, 0.3) is 0 Å². The van der Waals surface area contributed by atoms with E-state index >= 15 is 0 Å². The van der Waals surface area contributed by atoms with Gasteiger partial charge < -0.3 is 10.5 Å². The Kier molecular flexibility index (Phi) is 5.94. The van der Waals surface area contributed by atoms with Crippen molar-refractivity contribution < 1.29 is 4.74 Å². The zero-order chi connectivity index (χ0) is 18.7. The molecule has 1 saturated heterocycles. The molecule has 5 nitrogen and oxygen atoms in total. The summed E-state index contributed by atoms with van der Waals surface area (Å²) in [4.78, 5) is 5.52. The van der Waals surface area contributed by atoms with Gasteiger partial charge in [0.15, 0.2) is 0 Å². The lowest BCUT2D eigenvalue weighted by Gasteiger charge is -2.21. The average molecular weight is 407 g/mol. The highest BCUT2D eigenvalue weighted by molar-refractivity contribution is 7.15. The van der Waals surface area contributed by atoms with Crippen LogP contribution in [0, 0.1) is 16.7 Å². The van der Waals surface area contributed by atoms with E-state index < -0.39 is 0 Å². The Morgan fingerprint density at radius 2 is 2.12 bits per heavy atom. The summed E-state index contributed by atoms with van der Waals surface area (Å²) in [5, 5.41) is 18.1. The lowest BCUT2D eigenvalue weighted by atomic mass is 9.92. The number of ether oxygens (including phenoxy) is 1. The van der Waals surface area contributed by atoms with Crippen molar-refractivity contribution in [2.45, 2.75) is 18.8 Å². The second-order valence-corrected chi connectivity index (χ2v) is 7.71. The van der Waals surface area contributed by atoms with Gasteiger partial charge in [-0.15, -0.1) is 11.3 Å². The summed E-state index contributed by atoms with van der Waals surface area (Å²) in [7, 11) is 0. The molecule has 1 fully saturated rings. The Bertz CT molecular complexity index is 911. The summed E-state index contributed by atoms with van der Waals surface area (Å²) in [5.74, 6) is 0.426. The lowest BCUT2D eigenvalue weighted by Crippen LogP contribution is -2.13. The van der Waals surface area contributed by atoms with Gasteiger partial charge in [-0.25, -0.2) is 4.99 Å². The minimum Gasteiger partial charge on any atom is -0.382 e. The third-order valence-electron chi connectivity index (χ3n) is 4.28. The molecule has 0 spiro atoms. The molecule has 134 valence electrons. The first-order valence-corrected chi connectivity index (χ1v) is 9.56. The third kappa shape index (κ3) is 3.62. The summed E-state index contributed by atoms with van der Waals surface area (Å²) < 4.78 is 5.44.